The van der Waals surface area contributed by atoms with Crippen molar-refractivity contribution in [2.75, 3.05) is 11.9 Å². The predicted octanol–water partition coefficient (Wildman–Crippen LogP) is 4.13. The number of anilines is 1. The zero-order valence-electron chi connectivity index (χ0n) is 12.8. The van der Waals surface area contributed by atoms with E-state index in [4.69, 9.17) is 0 Å². The monoisotopic (exact) mass is 316 g/mol. The fraction of sp³-hybridized carbons (Fsp3) is 0.278. The van der Waals surface area contributed by atoms with Crippen LogP contribution in [0.3, 0.4) is 0 Å². The van der Waals surface area contributed by atoms with Crippen molar-refractivity contribution in [3.8, 4) is 0 Å². The van der Waals surface area contributed by atoms with Gasteiger partial charge < -0.3 is 10.6 Å². The van der Waals surface area contributed by atoms with Crippen LogP contribution in [0, 0.1) is 18.6 Å². The molecule has 1 aliphatic carbocycles. The maximum atomic E-state index is 13.1. The Hall–Kier alpha value is -2.43. The van der Waals surface area contributed by atoms with Crippen molar-refractivity contribution in [3.05, 3.63) is 65.2 Å². The van der Waals surface area contributed by atoms with E-state index in [9.17, 15) is 13.6 Å². The van der Waals surface area contributed by atoms with E-state index in [1.807, 2.05) is 6.92 Å². The fourth-order valence-electron chi connectivity index (χ4n) is 2.62. The van der Waals surface area contributed by atoms with Crippen molar-refractivity contribution in [2.45, 2.75) is 25.2 Å². The molecule has 1 aliphatic rings. The van der Waals surface area contributed by atoms with Crippen LogP contribution in [0.15, 0.2) is 42.5 Å². The molecule has 0 spiro atoms. The van der Waals surface area contributed by atoms with Gasteiger partial charge in [0, 0.05) is 23.7 Å². The number of hydrogen-bond acceptors (Lipinski definition) is 1. The lowest BCUT2D eigenvalue weighted by atomic mass is 9.95. The van der Waals surface area contributed by atoms with Crippen molar-refractivity contribution >= 4 is 11.7 Å². The number of urea groups is 1. The molecule has 2 aromatic rings. The molecule has 3 nitrogen and oxygen atoms in total. The van der Waals surface area contributed by atoms with E-state index in [0.29, 0.717) is 6.54 Å². The molecule has 2 aromatic carbocycles. The summed E-state index contributed by atoms with van der Waals surface area (Å²) in [6.07, 6.45) is 2.06. The number of halogens is 2. The summed E-state index contributed by atoms with van der Waals surface area (Å²) in [6, 6.07) is 11.2. The molecule has 23 heavy (non-hydrogen) atoms. The number of rotatable bonds is 4. The average molecular weight is 316 g/mol. The van der Waals surface area contributed by atoms with Crippen molar-refractivity contribution in [3.63, 3.8) is 0 Å². The van der Waals surface area contributed by atoms with Gasteiger partial charge in [-0.3, -0.25) is 0 Å². The Balaban J connectivity index is 1.58. The van der Waals surface area contributed by atoms with Crippen LogP contribution in [0.2, 0.25) is 0 Å². The first-order chi connectivity index (χ1) is 11.0. The molecule has 0 aliphatic heterocycles. The summed E-state index contributed by atoms with van der Waals surface area (Å²) in [5.74, 6) is -1.92. The van der Waals surface area contributed by atoms with Gasteiger partial charge >= 0.3 is 6.03 Å². The first-order valence-electron chi connectivity index (χ1n) is 7.56. The van der Waals surface area contributed by atoms with Crippen LogP contribution >= 0.6 is 0 Å². The highest BCUT2D eigenvalue weighted by Crippen LogP contribution is 2.47. The summed E-state index contributed by atoms with van der Waals surface area (Å²) in [5.41, 5.74) is 2.64. The average Bonchev–Trinajstić information content (AvgIpc) is 3.31. The van der Waals surface area contributed by atoms with Crippen molar-refractivity contribution < 1.29 is 13.6 Å². The van der Waals surface area contributed by atoms with Crippen LogP contribution < -0.4 is 10.6 Å². The van der Waals surface area contributed by atoms with Gasteiger partial charge in [-0.05, 0) is 37.5 Å². The molecule has 2 N–H and O–H groups in total. The van der Waals surface area contributed by atoms with E-state index < -0.39 is 17.7 Å². The summed E-state index contributed by atoms with van der Waals surface area (Å²) >= 11 is 0. The second kappa shape index (κ2) is 5.99. The molecule has 0 atom stereocenters. The molecule has 0 heterocycles. The molecule has 0 unspecified atom stereocenters. The van der Waals surface area contributed by atoms with Gasteiger partial charge in [0.05, 0.1) is 0 Å². The minimum absolute atomic E-state index is 0.000907. The van der Waals surface area contributed by atoms with Crippen LogP contribution in [0.5, 0.6) is 0 Å². The van der Waals surface area contributed by atoms with Crippen LogP contribution in [-0.2, 0) is 5.41 Å². The SMILES string of the molecule is Cc1ccc(C2(CNC(=O)Nc3ccc(F)c(F)c3)CC2)cc1. The zero-order valence-corrected chi connectivity index (χ0v) is 12.8. The van der Waals surface area contributed by atoms with Gasteiger partial charge in [-0.2, -0.15) is 0 Å². The molecule has 1 fully saturated rings. The quantitative estimate of drug-likeness (QED) is 0.875. The van der Waals surface area contributed by atoms with Gasteiger partial charge in [-0.25, -0.2) is 13.6 Å². The lowest BCUT2D eigenvalue weighted by Crippen LogP contribution is -2.35. The number of carbonyl (C=O) groups is 1. The van der Waals surface area contributed by atoms with E-state index >= 15 is 0 Å². The third kappa shape index (κ3) is 3.50. The third-order valence-electron chi connectivity index (χ3n) is 4.28. The second-order valence-corrected chi connectivity index (χ2v) is 6.08. The molecule has 0 saturated heterocycles. The molecule has 0 aromatic heterocycles. The highest BCUT2D eigenvalue weighted by atomic mass is 19.2. The Morgan fingerprint density at radius 1 is 1.09 bits per heavy atom. The highest BCUT2D eigenvalue weighted by Gasteiger charge is 2.44. The lowest BCUT2D eigenvalue weighted by Gasteiger charge is -2.17. The van der Waals surface area contributed by atoms with E-state index in [1.54, 1.807) is 0 Å². The van der Waals surface area contributed by atoms with Crippen LogP contribution in [0.4, 0.5) is 19.3 Å². The van der Waals surface area contributed by atoms with Gasteiger partial charge in [0.15, 0.2) is 11.6 Å². The molecule has 2 amide bonds. The maximum absolute atomic E-state index is 13.1. The Morgan fingerprint density at radius 2 is 1.78 bits per heavy atom. The molecule has 3 rings (SSSR count). The number of nitrogens with one attached hydrogen (secondary N) is 2. The number of benzene rings is 2. The standard InChI is InChI=1S/C18H18F2N2O/c1-12-2-4-13(5-3-12)18(8-9-18)11-21-17(23)22-14-6-7-15(19)16(20)10-14/h2-7,10H,8-9,11H2,1H3,(H2,21,22,23). The smallest absolute Gasteiger partial charge is 0.319 e. The second-order valence-electron chi connectivity index (χ2n) is 6.08. The highest BCUT2D eigenvalue weighted by molar-refractivity contribution is 5.89. The van der Waals surface area contributed by atoms with E-state index in [-0.39, 0.29) is 11.1 Å². The number of hydrogen-bond donors (Lipinski definition) is 2. The Kier molecular flexibility index (Phi) is 4.03. The minimum Gasteiger partial charge on any atom is -0.337 e. The molecule has 5 heteroatoms. The fourth-order valence-corrected chi connectivity index (χ4v) is 2.62. The molecular formula is C18H18F2N2O. The van der Waals surface area contributed by atoms with Crippen LogP contribution in [0.1, 0.15) is 24.0 Å². The van der Waals surface area contributed by atoms with E-state index in [2.05, 4.69) is 34.9 Å². The lowest BCUT2D eigenvalue weighted by molar-refractivity contribution is 0.251. The number of carbonyl (C=O) groups excluding carboxylic acids is 1. The zero-order chi connectivity index (χ0) is 16.4. The molecule has 0 bridgehead atoms. The third-order valence-corrected chi connectivity index (χ3v) is 4.28. The number of aryl methyl sites for hydroxylation is 1. The molecule has 120 valence electrons. The van der Waals surface area contributed by atoms with Gasteiger partial charge in [0.2, 0.25) is 0 Å². The predicted molar refractivity (Wildman–Crippen MR) is 85.5 cm³/mol. The van der Waals surface area contributed by atoms with Gasteiger partial charge in [0.1, 0.15) is 0 Å². The van der Waals surface area contributed by atoms with Crippen molar-refractivity contribution in [1.29, 1.82) is 0 Å². The van der Waals surface area contributed by atoms with Gasteiger partial charge in [-0.1, -0.05) is 29.8 Å². The summed E-state index contributed by atoms with van der Waals surface area (Å²) in [5, 5.41) is 5.33. The summed E-state index contributed by atoms with van der Waals surface area (Å²) in [6.45, 7) is 2.56. The first kappa shape index (κ1) is 15.5. The van der Waals surface area contributed by atoms with Crippen molar-refractivity contribution in [2.24, 2.45) is 0 Å². The first-order valence-corrected chi connectivity index (χ1v) is 7.56. The summed E-state index contributed by atoms with van der Waals surface area (Å²) in [4.78, 5) is 11.9. The van der Waals surface area contributed by atoms with E-state index in [1.165, 1.54) is 17.2 Å². The van der Waals surface area contributed by atoms with Crippen LogP contribution in [-0.4, -0.2) is 12.6 Å². The van der Waals surface area contributed by atoms with Crippen LogP contribution in [0.25, 0.3) is 0 Å². The Labute approximate surface area is 133 Å². The maximum Gasteiger partial charge on any atom is 0.319 e. The number of amides is 2. The minimum atomic E-state index is -0.985. The molecule has 1 saturated carbocycles. The Bertz CT molecular complexity index is 724. The van der Waals surface area contributed by atoms with E-state index in [0.717, 1.165) is 25.0 Å². The molecule has 0 radical (unpaired) electrons. The topological polar surface area (TPSA) is 41.1 Å². The Morgan fingerprint density at radius 3 is 2.39 bits per heavy atom. The summed E-state index contributed by atoms with van der Waals surface area (Å²) < 4.78 is 26.0. The molecular weight excluding hydrogens is 298 g/mol. The largest absolute Gasteiger partial charge is 0.337 e. The van der Waals surface area contributed by atoms with Gasteiger partial charge in [0.25, 0.3) is 0 Å². The van der Waals surface area contributed by atoms with Gasteiger partial charge in [-0.15, -0.1) is 0 Å². The van der Waals surface area contributed by atoms with Crippen molar-refractivity contribution in [1.82, 2.24) is 5.32 Å². The summed E-state index contributed by atoms with van der Waals surface area (Å²) in [7, 11) is 0. The normalized spacial score (nSPS) is 15.1.